The highest BCUT2D eigenvalue weighted by Gasteiger charge is 2.30. The van der Waals surface area contributed by atoms with Crippen LogP contribution in [-0.2, 0) is 0 Å². The van der Waals surface area contributed by atoms with Gasteiger partial charge in [-0.05, 0) is 29.9 Å². The molecular formula is C11H17NO. The van der Waals surface area contributed by atoms with Crippen LogP contribution in [0, 0.1) is 11.8 Å². The molecule has 1 saturated carbocycles. The van der Waals surface area contributed by atoms with Gasteiger partial charge in [0.15, 0.2) is 0 Å². The van der Waals surface area contributed by atoms with Gasteiger partial charge in [0.2, 0.25) is 0 Å². The fourth-order valence-corrected chi connectivity index (χ4v) is 2.41. The molecule has 1 aliphatic rings. The Kier molecular flexibility index (Phi) is 2.40. The first-order valence-corrected chi connectivity index (χ1v) is 5.10. The van der Waals surface area contributed by atoms with Crippen LogP contribution in [0.15, 0.2) is 18.5 Å². The van der Waals surface area contributed by atoms with Gasteiger partial charge < -0.3 is 10.1 Å². The van der Waals surface area contributed by atoms with Crippen molar-refractivity contribution in [2.45, 2.75) is 32.3 Å². The highest BCUT2D eigenvalue weighted by atomic mass is 16.3. The van der Waals surface area contributed by atoms with Crippen LogP contribution in [0.2, 0.25) is 0 Å². The van der Waals surface area contributed by atoms with Crippen LogP contribution in [0.25, 0.3) is 0 Å². The third-order valence-electron chi connectivity index (χ3n) is 3.30. The molecule has 1 heterocycles. The van der Waals surface area contributed by atoms with Crippen molar-refractivity contribution in [1.82, 2.24) is 4.98 Å². The minimum atomic E-state index is -0.260. The summed E-state index contributed by atoms with van der Waals surface area (Å²) in [6, 6.07) is 1.97. The van der Waals surface area contributed by atoms with Gasteiger partial charge in [0.1, 0.15) is 0 Å². The Bertz CT molecular complexity index is 255. The van der Waals surface area contributed by atoms with Crippen LogP contribution in [0.5, 0.6) is 0 Å². The number of hydrogen-bond acceptors (Lipinski definition) is 1. The van der Waals surface area contributed by atoms with E-state index >= 15 is 0 Å². The summed E-state index contributed by atoms with van der Waals surface area (Å²) in [6.07, 6.45) is 7.23. The van der Waals surface area contributed by atoms with Gasteiger partial charge in [0.05, 0.1) is 6.10 Å². The van der Waals surface area contributed by atoms with Crippen molar-refractivity contribution in [3.05, 3.63) is 24.0 Å². The lowest BCUT2D eigenvalue weighted by Crippen LogP contribution is -2.14. The molecule has 2 heteroatoms. The Morgan fingerprint density at radius 3 is 2.92 bits per heavy atom. The molecule has 2 nitrogen and oxygen atoms in total. The highest BCUT2D eigenvalue weighted by Crippen LogP contribution is 2.39. The van der Waals surface area contributed by atoms with Crippen LogP contribution in [0.4, 0.5) is 0 Å². The van der Waals surface area contributed by atoms with E-state index < -0.39 is 0 Å². The first-order chi connectivity index (χ1) is 6.29. The van der Waals surface area contributed by atoms with Gasteiger partial charge in [-0.15, -0.1) is 0 Å². The van der Waals surface area contributed by atoms with E-state index in [1.54, 1.807) is 0 Å². The Hall–Kier alpha value is -0.760. The van der Waals surface area contributed by atoms with E-state index in [1.165, 1.54) is 19.3 Å². The average Bonchev–Trinajstić information content (AvgIpc) is 2.72. The molecule has 0 aromatic carbocycles. The zero-order valence-corrected chi connectivity index (χ0v) is 8.03. The van der Waals surface area contributed by atoms with Gasteiger partial charge in [0.25, 0.3) is 0 Å². The van der Waals surface area contributed by atoms with Crippen LogP contribution in [-0.4, -0.2) is 10.1 Å². The number of H-pyrrole nitrogens is 1. The quantitative estimate of drug-likeness (QED) is 0.719. The Balaban J connectivity index is 2.08. The van der Waals surface area contributed by atoms with Crippen molar-refractivity contribution in [2.75, 3.05) is 0 Å². The number of hydrogen-bond donors (Lipinski definition) is 2. The topological polar surface area (TPSA) is 36.0 Å². The third-order valence-corrected chi connectivity index (χ3v) is 3.30. The fraction of sp³-hybridized carbons (Fsp3) is 0.636. The SMILES string of the molecule is CC1CCCC1C(O)c1cc[nH]c1. The average molecular weight is 179 g/mol. The number of aliphatic hydroxyl groups excluding tert-OH is 1. The largest absolute Gasteiger partial charge is 0.388 e. The molecule has 3 atom stereocenters. The summed E-state index contributed by atoms with van der Waals surface area (Å²) in [6.45, 7) is 2.24. The maximum atomic E-state index is 10.1. The van der Waals surface area contributed by atoms with Crippen molar-refractivity contribution in [1.29, 1.82) is 0 Å². The molecular weight excluding hydrogens is 162 g/mol. The molecule has 0 aliphatic heterocycles. The molecule has 1 aromatic heterocycles. The second kappa shape index (κ2) is 3.54. The molecule has 0 spiro atoms. The number of aromatic amines is 1. The van der Waals surface area contributed by atoms with E-state index in [0.717, 1.165) is 5.56 Å². The minimum absolute atomic E-state index is 0.260. The summed E-state index contributed by atoms with van der Waals surface area (Å²) < 4.78 is 0. The summed E-state index contributed by atoms with van der Waals surface area (Å²) in [5.74, 6) is 1.14. The van der Waals surface area contributed by atoms with Crippen molar-refractivity contribution in [3.8, 4) is 0 Å². The van der Waals surface area contributed by atoms with Gasteiger partial charge in [-0.2, -0.15) is 0 Å². The maximum absolute atomic E-state index is 10.1. The van der Waals surface area contributed by atoms with Gasteiger partial charge in [-0.1, -0.05) is 19.8 Å². The number of nitrogens with one attached hydrogen (secondary N) is 1. The number of aliphatic hydroxyl groups is 1. The maximum Gasteiger partial charge on any atom is 0.0835 e. The van der Waals surface area contributed by atoms with Gasteiger partial charge in [-0.25, -0.2) is 0 Å². The lowest BCUT2D eigenvalue weighted by molar-refractivity contribution is 0.0902. The molecule has 13 heavy (non-hydrogen) atoms. The van der Waals surface area contributed by atoms with Crippen molar-refractivity contribution in [2.24, 2.45) is 11.8 Å². The molecule has 0 radical (unpaired) electrons. The minimum Gasteiger partial charge on any atom is -0.388 e. The molecule has 2 rings (SSSR count). The van der Waals surface area contributed by atoms with Crippen molar-refractivity contribution < 1.29 is 5.11 Å². The first kappa shape index (κ1) is 8.82. The van der Waals surface area contributed by atoms with Crippen molar-refractivity contribution in [3.63, 3.8) is 0 Å². The number of aromatic nitrogens is 1. The lowest BCUT2D eigenvalue weighted by Gasteiger charge is -2.21. The molecule has 72 valence electrons. The van der Waals surface area contributed by atoms with Gasteiger partial charge >= 0.3 is 0 Å². The highest BCUT2D eigenvalue weighted by molar-refractivity contribution is 5.13. The van der Waals surface area contributed by atoms with Crippen LogP contribution in [0.3, 0.4) is 0 Å². The predicted octanol–water partition coefficient (Wildman–Crippen LogP) is 2.48. The molecule has 1 aliphatic carbocycles. The molecule has 3 unspecified atom stereocenters. The fourth-order valence-electron chi connectivity index (χ4n) is 2.41. The van der Waals surface area contributed by atoms with Crippen LogP contribution >= 0.6 is 0 Å². The lowest BCUT2D eigenvalue weighted by atomic mass is 9.89. The first-order valence-electron chi connectivity index (χ1n) is 5.10. The van der Waals surface area contributed by atoms with Crippen LogP contribution in [0.1, 0.15) is 37.9 Å². The van der Waals surface area contributed by atoms with Gasteiger partial charge in [-0.3, -0.25) is 0 Å². The van der Waals surface area contributed by atoms with E-state index in [1.807, 2.05) is 18.5 Å². The molecule has 2 N–H and O–H groups in total. The standard InChI is InChI=1S/C11H17NO/c1-8-3-2-4-10(8)11(13)9-5-6-12-7-9/h5-8,10-13H,2-4H2,1H3. The molecule has 0 saturated heterocycles. The monoisotopic (exact) mass is 179 g/mol. The van der Waals surface area contributed by atoms with Gasteiger partial charge in [0, 0.05) is 12.4 Å². The summed E-state index contributed by atoms with van der Waals surface area (Å²) in [7, 11) is 0. The summed E-state index contributed by atoms with van der Waals surface area (Å²) in [5.41, 5.74) is 1.04. The predicted molar refractivity (Wildman–Crippen MR) is 52.3 cm³/mol. The van der Waals surface area contributed by atoms with Crippen molar-refractivity contribution >= 4 is 0 Å². The summed E-state index contributed by atoms with van der Waals surface area (Å²) in [4.78, 5) is 2.99. The van der Waals surface area contributed by atoms with E-state index in [2.05, 4.69) is 11.9 Å². The normalized spacial score (nSPS) is 30.6. The Morgan fingerprint density at radius 1 is 1.54 bits per heavy atom. The Morgan fingerprint density at radius 2 is 2.38 bits per heavy atom. The smallest absolute Gasteiger partial charge is 0.0835 e. The van der Waals surface area contributed by atoms with E-state index in [4.69, 9.17) is 0 Å². The molecule has 1 aromatic rings. The van der Waals surface area contributed by atoms with E-state index in [9.17, 15) is 5.11 Å². The number of rotatable bonds is 2. The molecule has 1 fully saturated rings. The summed E-state index contributed by atoms with van der Waals surface area (Å²) >= 11 is 0. The van der Waals surface area contributed by atoms with E-state index in [0.29, 0.717) is 11.8 Å². The second-order valence-electron chi connectivity index (χ2n) is 4.16. The molecule has 0 bridgehead atoms. The summed E-state index contributed by atoms with van der Waals surface area (Å²) in [5, 5.41) is 10.1. The zero-order valence-electron chi connectivity index (χ0n) is 8.03. The zero-order chi connectivity index (χ0) is 9.26. The third kappa shape index (κ3) is 1.63. The Labute approximate surface area is 79.0 Å². The van der Waals surface area contributed by atoms with Crippen LogP contribution < -0.4 is 0 Å². The second-order valence-corrected chi connectivity index (χ2v) is 4.16. The van der Waals surface area contributed by atoms with E-state index in [-0.39, 0.29) is 6.10 Å². The molecule has 0 amide bonds.